The molecule has 0 aliphatic heterocycles. The molecule has 0 saturated carbocycles. The Labute approximate surface area is 107 Å². The van der Waals surface area contributed by atoms with E-state index >= 15 is 0 Å². The number of hydrogen-bond acceptors (Lipinski definition) is 3. The quantitative estimate of drug-likeness (QED) is 0.724. The predicted molar refractivity (Wildman–Crippen MR) is 71.6 cm³/mol. The van der Waals surface area contributed by atoms with E-state index in [4.69, 9.17) is 0 Å². The van der Waals surface area contributed by atoms with E-state index in [9.17, 15) is 9.59 Å². The van der Waals surface area contributed by atoms with Gasteiger partial charge in [0.25, 0.3) is 5.91 Å². The van der Waals surface area contributed by atoms with Crippen molar-refractivity contribution < 1.29 is 9.59 Å². The third-order valence-electron chi connectivity index (χ3n) is 2.58. The Bertz CT molecular complexity index is 432. The molecule has 0 bridgehead atoms. The lowest BCUT2D eigenvalue weighted by Crippen LogP contribution is -2.28. The molecule has 0 saturated heterocycles. The minimum atomic E-state index is -0.172. The number of rotatable bonds is 5. The smallest absolute Gasteiger partial charge is 0.251 e. The standard InChI is InChI=1S/C13H19N3O2/c1-9(8-14-2)12(17)16-11-6-4-5-10(7-11)13(18)15-3/h4-7,9,14H,8H2,1-3H3,(H,15,18)(H,16,17). The summed E-state index contributed by atoms with van der Waals surface area (Å²) >= 11 is 0. The Kier molecular flexibility index (Phi) is 5.32. The van der Waals surface area contributed by atoms with Crippen LogP contribution in [0, 0.1) is 5.92 Å². The third-order valence-corrected chi connectivity index (χ3v) is 2.58. The molecule has 2 amide bonds. The van der Waals surface area contributed by atoms with Crippen LogP contribution in [0.5, 0.6) is 0 Å². The maximum absolute atomic E-state index is 11.8. The van der Waals surface area contributed by atoms with E-state index in [1.807, 2.05) is 6.92 Å². The first-order valence-electron chi connectivity index (χ1n) is 5.86. The van der Waals surface area contributed by atoms with Crippen molar-refractivity contribution in [1.82, 2.24) is 10.6 Å². The second-order valence-corrected chi connectivity index (χ2v) is 4.11. The lowest BCUT2D eigenvalue weighted by Gasteiger charge is -2.12. The van der Waals surface area contributed by atoms with Gasteiger partial charge in [0.2, 0.25) is 5.91 Å². The van der Waals surface area contributed by atoms with Gasteiger partial charge in [-0.15, -0.1) is 0 Å². The molecule has 5 heteroatoms. The van der Waals surface area contributed by atoms with E-state index < -0.39 is 0 Å². The highest BCUT2D eigenvalue weighted by atomic mass is 16.2. The van der Waals surface area contributed by atoms with E-state index in [0.717, 1.165) is 0 Å². The van der Waals surface area contributed by atoms with E-state index in [-0.39, 0.29) is 17.7 Å². The Balaban J connectivity index is 2.73. The number of benzene rings is 1. The Morgan fingerprint density at radius 2 is 2.00 bits per heavy atom. The molecule has 0 spiro atoms. The molecule has 1 unspecified atom stereocenters. The van der Waals surface area contributed by atoms with Gasteiger partial charge in [0.1, 0.15) is 0 Å². The minimum Gasteiger partial charge on any atom is -0.355 e. The van der Waals surface area contributed by atoms with Gasteiger partial charge in [-0.3, -0.25) is 9.59 Å². The minimum absolute atomic E-state index is 0.0709. The summed E-state index contributed by atoms with van der Waals surface area (Å²) < 4.78 is 0. The van der Waals surface area contributed by atoms with Crippen LogP contribution in [-0.4, -0.2) is 32.5 Å². The summed E-state index contributed by atoms with van der Waals surface area (Å²) in [4.78, 5) is 23.3. The van der Waals surface area contributed by atoms with E-state index in [1.165, 1.54) is 0 Å². The third kappa shape index (κ3) is 3.85. The fourth-order valence-electron chi connectivity index (χ4n) is 1.55. The van der Waals surface area contributed by atoms with Gasteiger partial charge in [0, 0.05) is 30.8 Å². The van der Waals surface area contributed by atoms with Gasteiger partial charge in [0.05, 0.1) is 0 Å². The molecule has 1 aromatic rings. The van der Waals surface area contributed by atoms with Crippen molar-refractivity contribution in [3.63, 3.8) is 0 Å². The summed E-state index contributed by atoms with van der Waals surface area (Å²) in [7, 11) is 3.37. The number of anilines is 1. The number of carbonyl (C=O) groups is 2. The lowest BCUT2D eigenvalue weighted by atomic mass is 10.1. The molecular weight excluding hydrogens is 230 g/mol. The summed E-state index contributed by atoms with van der Waals surface area (Å²) in [6, 6.07) is 6.85. The molecule has 1 atom stereocenters. The van der Waals surface area contributed by atoms with Crippen LogP contribution in [0.25, 0.3) is 0 Å². The summed E-state index contributed by atoms with van der Waals surface area (Å²) in [6.07, 6.45) is 0. The van der Waals surface area contributed by atoms with Crippen molar-refractivity contribution in [2.75, 3.05) is 26.0 Å². The van der Waals surface area contributed by atoms with Crippen molar-refractivity contribution in [1.29, 1.82) is 0 Å². The summed E-state index contributed by atoms with van der Waals surface area (Å²) in [5.74, 6) is -0.369. The average Bonchev–Trinajstić information content (AvgIpc) is 2.38. The van der Waals surface area contributed by atoms with Crippen LogP contribution < -0.4 is 16.0 Å². The molecule has 0 heterocycles. The Morgan fingerprint density at radius 1 is 1.28 bits per heavy atom. The van der Waals surface area contributed by atoms with Gasteiger partial charge in [-0.25, -0.2) is 0 Å². The summed E-state index contributed by atoms with van der Waals surface area (Å²) in [6.45, 7) is 2.45. The highest BCUT2D eigenvalue weighted by Gasteiger charge is 2.12. The summed E-state index contributed by atoms with van der Waals surface area (Å²) in [5.41, 5.74) is 1.15. The van der Waals surface area contributed by atoms with Gasteiger partial charge in [-0.05, 0) is 25.2 Å². The second kappa shape index (κ2) is 6.76. The monoisotopic (exact) mass is 249 g/mol. The van der Waals surface area contributed by atoms with Gasteiger partial charge < -0.3 is 16.0 Å². The Hall–Kier alpha value is -1.88. The number of carbonyl (C=O) groups excluding carboxylic acids is 2. The zero-order valence-corrected chi connectivity index (χ0v) is 10.9. The molecule has 0 aromatic heterocycles. The van der Waals surface area contributed by atoms with Gasteiger partial charge in [0.15, 0.2) is 0 Å². The molecule has 0 aliphatic rings. The van der Waals surface area contributed by atoms with Crippen LogP contribution in [0.1, 0.15) is 17.3 Å². The normalized spacial score (nSPS) is 11.7. The second-order valence-electron chi connectivity index (χ2n) is 4.11. The molecule has 0 fully saturated rings. The van der Waals surface area contributed by atoms with E-state index in [0.29, 0.717) is 17.8 Å². The average molecular weight is 249 g/mol. The van der Waals surface area contributed by atoms with Crippen molar-refractivity contribution in [2.24, 2.45) is 5.92 Å². The first kappa shape index (κ1) is 14.2. The highest BCUT2D eigenvalue weighted by Crippen LogP contribution is 2.11. The van der Waals surface area contributed by atoms with Crippen LogP contribution >= 0.6 is 0 Å². The SMILES string of the molecule is CNCC(C)C(=O)Nc1cccc(C(=O)NC)c1. The molecule has 0 radical (unpaired) electrons. The fraction of sp³-hybridized carbons (Fsp3) is 0.385. The molecule has 1 aromatic carbocycles. The largest absolute Gasteiger partial charge is 0.355 e. The zero-order valence-electron chi connectivity index (χ0n) is 10.9. The van der Waals surface area contributed by atoms with E-state index in [1.54, 1.807) is 38.4 Å². The van der Waals surface area contributed by atoms with Crippen molar-refractivity contribution in [3.8, 4) is 0 Å². The summed E-state index contributed by atoms with van der Waals surface area (Å²) in [5, 5.41) is 8.28. The molecule has 3 N–H and O–H groups in total. The topological polar surface area (TPSA) is 70.2 Å². The number of amides is 2. The Morgan fingerprint density at radius 3 is 2.61 bits per heavy atom. The van der Waals surface area contributed by atoms with Gasteiger partial charge >= 0.3 is 0 Å². The van der Waals surface area contributed by atoms with Gasteiger partial charge in [-0.1, -0.05) is 13.0 Å². The fourth-order valence-corrected chi connectivity index (χ4v) is 1.55. The van der Waals surface area contributed by atoms with Crippen molar-refractivity contribution in [3.05, 3.63) is 29.8 Å². The van der Waals surface area contributed by atoms with Crippen LogP contribution in [0.2, 0.25) is 0 Å². The van der Waals surface area contributed by atoms with Crippen LogP contribution in [0.3, 0.4) is 0 Å². The van der Waals surface area contributed by atoms with Crippen LogP contribution in [0.15, 0.2) is 24.3 Å². The molecular formula is C13H19N3O2. The number of nitrogens with one attached hydrogen (secondary N) is 3. The molecule has 18 heavy (non-hydrogen) atoms. The lowest BCUT2D eigenvalue weighted by molar-refractivity contribution is -0.119. The highest BCUT2D eigenvalue weighted by molar-refractivity contribution is 5.97. The first-order valence-corrected chi connectivity index (χ1v) is 5.86. The molecule has 0 aliphatic carbocycles. The maximum Gasteiger partial charge on any atom is 0.251 e. The van der Waals surface area contributed by atoms with Crippen molar-refractivity contribution in [2.45, 2.75) is 6.92 Å². The van der Waals surface area contributed by atoms with E-state index in [2.05, 4.69) is 16.0 Å². The predicted octanol–water partition coefficient (Wildman–Crippen LogP) is 0.840. The van der Waals surface area contributed by atoms with Gasteiger partial charge in [-0.2, -0.15) is 0 Å². The van der Waals surface area contributed by atoms with Crippen molar-refractivity contribution >= 4 is 17.5 Å². The maximum atomic E-state index is 11.8. The zero-order chi connectivity index (χ0) is 13.5. The number of hydrogen-bond donors (Lipinski definition) is 3. The molecule has 5 nitrogen and oxygen atoms in total. The van der Waals surface area contributed by atoms with Crippen LogP contribution in [-0.2, 0) is 4.79 Å². The molecule has 98 valence electrons. The van der Waals surface area contributed by atoms with Crippen LogP contribution in [0.4, 0.5) is 5.69 Å². The molecule has 1 rings (SSSR count). The first-order chi connectivity index (χ1) is 8.58.